The van der Waals surface area contributed by atoms with E-state index in [2.05, 4.69) is 0 Å². The topological polar surface area (TPSA) is 35.5 Å². The lowest BCUT2D eigenvalue weighted by Crippen LogP contribution is -2.25. The molecule has 1 aromatic rings. The highest BCUT2D eigenvalue weighted by molar-refractivity contribution is 7.84. The van der Waals surface area contributed by atoms with Crippen molar-refractivity contribution in [3.8, 4) is 5.75 Å². The van der Waals surface area contributed by atoms with Crippen molar-refractivity contribution in [2.24, 2.45) is 0 Å². The Morgan fingerprint density at radius 1 is 1.47 bits per heavy atom. The Kier molecular flexibility index (Phi) is 5.67. The van der Waals surface area contributed by atoms with Crippen LogP contribution in [0.15, 0.2) is 18.2 Å². The number of hydrogen-bond acceptors (Lipinski definition) is 3. The molecule has 1 fully saturated rings. The Morgan fingerprint density at radius 2 is 2.32 bits per heavy atom. The van der Waals surface area contributed by atoms with E-state index in [0.29, 0.717) is 16.5 Å². The summed E-state index contributed by atoms with van der Waals surface area (Å²) in [6, 6.07) is 5.47. The van der Waals surface area contributed by atoms with Crippen LogP contribution in [0.5, 0.6) is 5.75 Å². The minimum atomic E-state index is -0.938. The second kappa shape index (κ2) is 7.27. The number of halogens is 1. The average molecular weight is 303 g/mol. The van der Waals surface area contributed by atoms with Crippen molar-refractivity contribution < 1.29 is 13.7 Å². The third kappa shape index (κ3) is 4.48. The molecule has 1 saturated heterocycles. The summed E-state index contributed by atoms with van der Waals surface area (Å²) in [6.07, 6.45) is 3.45. The molecule has 1 aliphatic rings. The first-order valence-corrected chi connectivity index (χ1v) is 8.34. The molecule has 3 nitrogen and oxygen atoms in total. The van der Waals surface area contributed by atoms with Gasteiger partial charge in [0.15, 0.2) is 0 Å². The number of ether oxygens (including phenoxy) is 2. The molecule has 0 N–H and O–H groups in total. The van der Waals surface area contributed by atoms with Gasteiger partial charge >= 0.3 is 0 Å². The maximum absolute atomic E-state index is 12.1. The van der Waals surface area contributed by atoms with E-state index in [1.165, 1.54) is 6.42 Å². The molecular formula is C14H19ClO3S. The first-order valence-electron chi connectivity index (χ1n) is 6.48. The van der Waals surface area contributed by atoms with Crippen LogP contribution >= 0.6 is 11.6 Å². The molecule has 1 aliphatic heterocycles. The first kappa shape index (κ1) is 14.8. The van der Waals surface area contributed by atoms with Crippen molar-refractivity contribution in [2.45, 2.75) is 31.1 Å². The van der Waals surface area contributed by atoms with Gasteiger partial charge in [0.25, 0.3) is 0 Å². The summed E-state index contributed by atoms with van der Waals surface area (Å²) in [5, 5.41) is 0.609. The monoisotopic (exact) mass is 302 g/mol. The molecule has 0 aliphatic carbocycles. The Hall–Kier alpha value is -0.580. The van der Waals surface area contributed by atoms with Crippen LogP contribution in [0.4, 0.5) is 0 Å². The third-order valence-corrected chi connectivity index (χ3v) is 4.95. The van der Waals surface area contributed by atoms with Gasteiger partial charge in [0.2, 0.25) is 0 Å². The highest BCUT2D eigenvalue weighted by Crippen LogP contribution is 2.24. The molecule has 0 bridgehead atoms. The SMILES string of the molecule is COc1ccc(C[S@](=O)C[C@H]2CCCCO2)c(Cl)c1. The lowest BCUT2D eigenvalue weighted by Gasteiger charge is -2.22. The largest absolute Gasteiger partial charge is 0.497 e. The molecule has 0 spiro atoms. The molecule has 0 saturated carbocycles. The number of hydrogen-bond donors (Lipinski definition) is 0. The van der Waals surface area contributed by atoms with E-state index < -0.39 is 10.8 Å². The fourth-order valence-corrected chi connectivity index (χ4v) is 3.86. The second-order valence-electron chi connectivity index (χ2n) is 4.70. The zero-order valence-electron chi connectivity index (χ0n) is 11.1. The van der Waals surface area contributed by atoms with E-state index in [-0.39, 0.29) is 6.10 Å². The highest BCUT2D eigenvalue weighted by Gasteiger charge is 2.17. The van der Waals surface area contributed by atoms with Gasteiger partial charge in [-0.05, 0) is 37.0 Å². The lowest BCUT2D eigenvalue weighted by atomic mass is 10.1. The van der Waals surface area contributed by atoms with Crippen LogP contribution in [0.1, 0.15) is 24.8 Å². The van der Waals surface area contributed by atoms with Gasteiger partial charge in [-0.2, -0.15) is 0 Å². The van der Waals surface area contributed by atoms with Crippen molar-refractivity contribution in [3.63, 3.8) is 0 Å². The molecule has 5 heteroatoms. The van der Waals surface area contributed by atoms with Gasteiger partial charge in [0.05, 0.1) is 24.7 Å². The smallest absolute Gasteiger partial charge is 0.120 e. The van der Waals surface area contributed by atoms with E-state index in [0.717, 1.165) is 30.8 Å². The standard InChI is InChI=1S/C14H19ClO3S/c1-17-12-6-5-11(14(15)8-12)9-19(16)10-13-4-2-3-7-18-13/h5-6,8,13H,2-4,7,9-10H2,1H3/t13-,19+/m1/s1. The number of benzene rings is 1. The lowest BCUT2D eigenvalue weighted by molar-refractivity contribution is 0.0310. The van der Waals surface area contributed by atoms with Gasteiger partial charge in [-0.3, -0.25) is 4.21 Å². The molecule has 0 aromatic heterocycles. The summed E-state index contributed by atoms with van der Waals surface area (Å²) in [5.74, 6) is 1.79. The van der Waals surface area contributed by atoms with Crippen molar-refractivity contribution in [3.05, 3.63) is 28.8 Å². The van der Waals surface area contributed by atoms with Gasteiger partial charge in [-0.25, -0.2) is 0 Å². The maximum Gasteiger partial charge on any atom is 0.120 e. The summed E-state index contributed by atoms with van der Waals surface area (Å²) in [7, 11) is 0.663. The van der Waals surface area contributed by atoms with E-state index in [4.69, 9.17) is 21.1 Å². The molecule has 0 amide bonds. The minimum Gasteiger partial charge on any atom is -0.497 e. The molecule has 2 rings (SSSR count). The van der Waals surface area contributed by atoms with Crippen molar-refractivity contribution in [2.75, 3.05) is 19.5 Å². The Labute approximate surface area is 121 Å². The Balaban J connectivity index is 1.91. The minimum absolute atomic E-state index is 0.145. The van der Waals surface area contributed by atoms with Crippen LogP contribution in [0.25, 0.3) is 0 Å². The second-order valence-corrected chi connectivity index (χ2v) is 6.61. The van der Waals surface area contributed by atoms with Crippen molar-refractivity contribution >= 4 is 22.4 Å². The fourth-order valence-electron chi connectivity index (χ4n) is 2.15. The van der Waals surface area contributed by atoms with Crippen LogP contribution in [-0.4, -0.2) is 29.8 Å². The van der Waals surface area contributed by atoms with Crippen LogP contribution < -0.4 is 4.74 Å². The molecule has 0 radical (unpaired) electrons. The van der Waals surface area contributed by atoms with E-state index >= 15 is 0 Å². The summed E-state index contributed by atoms with van der Waals surface area (Å²) >= 11 is 6.15. The summed E-state index contributed by atoms with van der Waals surface area (Å²) in [5.41, 5.74) is 0.900. The normalized spacial score (nSPS) is 21.1. The number of rotatable bonds is 5. The van der Waals surface area contributed by atoms with Gasteiger partial charge < -0.3 is 9.47 Å². The molecule has 0 unspecified atom stereocenters. The highest BCUT2D eigenvalue weighted by atomic mass is 35.5. The maximum atomic E-state index is 12.1. The van der Waals surface area contributed by atoms with Gasteiger partial charge in [-0.1, -0.05) is 17.7 Å². The molecule has 19 heavy (non-hydrogen) atoms. The predicted octanol–water partition coefficient (Wildman–Crippen LogP) is 3.17. The van der Waals surface area contributed by atoms with Crippen molar-refractivity contribution in [1.82, 2.24) is 0 Å². The van der Waals surface area contributed by atoms with Crippen LogP contribution in [0, 0.1) is 0 Å². The summed E-state index contributed by atoms with van der Waals surface area (Å²) in [6.45, 7) is 0.797. The first-order chi connectivity index (χ1) is 9.19. The van der Waals surface area contributed by atoms with Gasteiger partial charge in [0.1, 0.15) is 5.75 Å². The summed E-state index contributed by atoms with van der Waals surface area (Å²) < 4.78 is 22.8. The van der Waals surface area contributed by atoms with Crippen LogP contribution in [0.3, 0.4) is 0 Å². The zero-order chi connectivity index (χ0) is 13.7. The quantitative estimate of drug-likeness (QED) is 0.838. The van der Waals surface area contributed by atoms with Crippen molar-refractivity contribution in [1.29, 1.82) is 0 Å². The van der Waals surface area contributed by atoms with E-state index in [1.807, 2.05) is 12.1 Å². The van der Waals surface area contributed by atoms with E-state index in [9.17, 15) is 4.21 Å². The molecular weight excluding hydrogens is 284 g/mol. The average Bonchev–Trinajstić information content (AvgIpc) is 2.42. The Morgan fingerprint density at radius 3 is 2.95 bits per heavy atom. The van der Waals surface area contributed by atoms with Gasteiger partial charge in [0, 0.05) is 22.4 Å². The fraction of sp³-hybridized carbons (Fsp3) is 0.571. The third-order valence-electron chi connectivity index (χ3n) is 3.22. The van der Waals surface area contributed by atoms with Crippen LogP contribution in [-0.2, 0) is 21.3 Å². The van der Waals surface area contributed by atoms with E-state index in [1.54, 1.807) is 13.2 Å². The predicted molar refractivity (Wildman–Crippen MR) is 78.3 cm³/mol. The summed E-state index contributed by atoms with van der Waals surface area (Å²) in [4.78, 5) is 0. The molecule has 106 valence electrons. The van der Waals surface area contributed by atoms with Gasteiger partial charge in [-0.15, -0.1) is 0 Å². The Bertz CT molecular complexity index is 444. The molecule has 2 atom stereocenters. The van der Waals surface area contributed by atoms with Crippen LogP contribution in [0.2, 0.25) is 5.02 Å². The molecule has 1 heterocycles. The zero-order valence-corrected chi connectivity index (χ0v) is 12.6. The molecule has 1 aromatic carbocycles. The number of methoxy groups -OCH3 is 1.